The van der Waals surface area contributed by atoms with E-state index in [0.717, 1.165) is 38.1 Å². The Morgan fingerprint density at radius 1 is 0.432 bits per heavy atom. The minimum atomic E-state index is 0. The SMILES string of the molecule is [Pt].[c-]1cccc2c1c1ncccc1c1ccccc21.c1cnc2c(c1)ccc1ccc3cccnc3c12. The Hall–Kier alpha value is -4.20. The van der Waals surface area contributed by atoms with Gasteiger partial charge in [-0.05, 0) is 39.9 Å². The molecule has 3 nitrogen and oxygen atoms in total. The molecule has 0 radical (unpaired) electrons. The van der Waals surface area contributed by atoms with E-state index in [-0.39, 0.29) is 21.1 Å². The second kappa shape index (κ2) is 9.69. The van der Waals surface area contributed by atoms with Crippen LogP contribution in [-0.2, 0) is 21.1 Å². The Bertz CT molecular complexity index is 1760. The summed E-state index contributed by atoms with van der Waals surface area (Å²) in [7, 11) is 0. The Morgan fingerprint density at radius 2 is 0.946 bits per heavy atom. The molecule has 0 saturated heterocycles. The molecule has 3 heterocycles. The van der Waals surface area contributed by atoms with Gasteiger partial charge in [0.1, 0.15) is 0 Å². The van der Waals surface area contributed by atoms with Crippen LogP contribution in [0.25, 0.3) is 65.0 Å². The standard InChI is InChI=1S/C17H10N.C16H10N2.Pt/c1-2-7-14-12(6-1)13-8-3-4-9-15(13)17-16(14)10-5-11-18-17;1-3-12-7-5-11-6-8-13-4-2-10-18-16(13)14(11)15(12)17-9-1;/h1-8,10-11H;1-10H;/q-1;;. The van der Waals surface area contributed by atoms with Crippen LogP contribution in [0.4, 0.5) is 0 Å². The number of nitrogens with zero attached hydrogens (tertiary/aromatic N) is 3. The number of rotatable bonds is 0. The Morgan fingerprint density at radius 3 is 1.62 bits per heavy atom. The van der Waals surface area contributed by atoms with Crippen molar-refractivity contribution in [1.82, 2.24) is 15.0 Å². The summed E-state index contributed by atoms with van der Waals surface area (Å²) in [4.78, 5) is 13.6. The molecule has 8 aromatic rings. The van der Waals surface area contributed by atoms with Gasteiger partial charge in [-0.15, -0.1) is 29.7 Å². The van der Waals surface area contributed by atoms with Crippen molar-refractivity contribution in [3.05, 3.63) is 128 Å². The number of benzene rings is 5. The van der Waals surface area contributed by atoms with Gasteiger partial charge in [0.25, 0.3) is 0 Å². The van der Waals surface area contributed by atoms with Crippen LogP contribution in [0.3, 0.4) is 0 Å². The van der Waals surface area contributed by atoms with Crippen molar-refractivity contribution in [3.8, 4) is 0 Å². The van der Waals surface area contributed by atoms with E-state index in [1.54, 1.807) is 0 Å². The van der Waals surface area contributed by atoms with Crippen molar-refractivity contribution in [2.75, 3.05) is 0 Å². The van der Waals surface area contributed by atoms with Gasteiger partial charge in [0.05, 0.1) is 11.0 Å². The maximum atomic E-state index is 4.53. The molecule has 0 saturated carbocycles. The zero-order chi connectivity index (χ0) is 23.9. The molecule has 0 amide bonds. The molecular formula is C33H20N3Pt-. The molecule has 0 aliphatic rings. The Kier molecular flexibility index (Phi) is 6.08. The fourth-order valence-electron chi connectivity index (χ4n) is 5.12. The molecular weight excluding hydrogens is 633 g/mol. The van der Waals surface area contributed by atoms with Crippen LogP contribution in [0, 0.1) is 6.07 Å². The van der Waals surface area contributed by atoms with Gasteiger partial charge in [-0.25, -0.2) is 0 Å². The number of aromatic nitrogens is 3. The zero-order valence-electron chi connectivity index (χ0n) is 19.7. The average molecular weight is 654 g/mol. The second-order valence-electron chi connectivity index (χ2n) is 8.78. The quantitative estimate of drug-likeness (QED) is 0.122. The van der Waals surface area contributed by atoms with Crippen molar-refractivity contribution in [2.24, 2.45) is 0 Å². The zero-order valence-corrected chi connectivity index (χ0v) is 22.0. The van der Waals surface area contributed by atoms with Gasteiger partial charge in [-0.2, -0.15) is 0 Å². The third-order valence-corrected chi connectivity index (χ3v) is 6.73. The molecule has 0 aliphatic heterocycles. The summed E-state index contributed by atoms with van der Waals surface area (Å²) in [5.74, 6) is 0. The molecule has 178 valence electrons. The molecule has 0 bridgehead atoms. The van der Waals surface area contributed by atoms with E-state index in [9.17, 15) is 0 Å². The van der Waals surface area contributed by atoms with Crippen molar-refractivity contribution < 1.29 is 21.1 Å². The Labute approximate surface area is 228 Å². The van der Waals surface area contributed by atoms with E-state index in [2.05, 4.69) is 93.8 Å². The molecule has 0 fully saturated rings. The minimum Gasteiger partial charge on any atom is -0.304 e. The molecule has 0 unspecified atom stereocenters. The maximum Gasteiger partial charge on any atom is 0.0802 e. The summed E-state index contributed by atoms with van der Waals surface area (Å²) in [6.45, 7) is 0. The fourth-order valence-corrected chi connectivity index (χ4v) is 5.12. The van der Waals surface area contributed by atoms with E-state index in [1.165, 1.54) is 26.9 Å². The van der Waals surface area contributed by atoms with E-state index in [4.69, 9.17) is 0 Å². The van der Waals surface area contributed by atoms with Gasteiger partial charge < -0.3 is 4.98 Å². The van der Waals surface area contributed by atoms with Crippen LogP contribution in [-0.4, -0.2) is 15.0 Å². The predicted octanol–water partition coefficient (Wildman–Crippen LogP) is 8.28. The van der Waals surface area contributed by atoms with Gasteiger partial charge >= 0.3 is 0 Å². The van der Waals surface area contributed by atoms with Crippen LogP contribution in [0.5, 0.6) is 0 Å². The first-order valence-corrected chi connectivity index (χ1v) is 12.0. The van der Waals surface area contributed by atoms with E-state index in [1.807, 2.05) is 48.9 Å². The fraction of sp³-hybridized carbons (Fsp3) is 0. The molecule has 4 heteroatoms. The van der Waals surface area contributed by atoms with Gasteiger partial charge in [-0.1, -0.05) is 77.5 Å². The maximum absolute atomic E-state index is 4.53. The van der Waals surface area contributed by atoms with E-state index in [0.29, 0.717) is 0 Å². The molecule has 8 rings (SSSR count). The smallest absolute Gasteiger partial charge is 0.0802 e. The summed E-state index contributed by atoms with van der Waals surface area (Å²) < 4.78 is 0. The number of pyridine rings is 3. The average Bonchev–Trinajstić information content (AvgIpc) is 2.97. The number of hydrogen-bond acceptors (Lipinski definition) is 3. The number of hydrogen-bond donors (Lipinski definition) is 0. The topological polar surface area (TPSA) is 38.7 Å². The van der Waals surface area contributed by atoms with Crippen molar-refractivity contribution in [2.45, 2.75) is 0 Å². The summed E-state index contributed by atoms with van der Waals surface area (Å²) in [5.41, 5.74) is 3.09. The van der Waals surface area contributed by atoms with E-state index >= 15 is 0 Å². The normalized spacial score (nSPS) is 11.0. The molecule has 5 aromatic carbocycles. The third kappa shape index (κ3) is 3.93. The molecule has 0 atom stereocenters. The first kappa shape index (κ1) is 23.2. The monoisotopic (exact) mass is 653 g/mol. The molecule has 0 aliphatic carbocycles. The van der Waals surface area contributed by atoms with Crippen LogP contribution in [0.15, 0.2) is 122 Å². The summed E-state index contributed by atoms with van der Waals surface area (Å²) >= 11 is 0. The van der Waals surface area contributed by atoms with Crippen molar-refractivity contribution >= 4 is 65.0 Å². The van der Waals surface area contributed by atoms with Gasteiger partial charge in [0.2, 0.25) is 0 Å². The van der Waals surface area contributed by atoms with Crippen LogP contribution in [0.2, 0.25) is 0 Å². The van der Waals surface area contributed by atoms with Crippen LogP contribution < -0.4 is 0 Å². The van der Waals surface area contributed by atoms with Gasteiger partial charge in [-0.3, -0.25) is 9.97 Å². The molecule has 0 N–H and O–H groups in total. The van der Waals surface area contributed by atoms with Crippen LogP contribution >= 0.6 is 0 Å². The third-order valence-electron chi connectivity index (χ3n) is 6.73. The largest absolute Gasteiger partial charge is 0.304 e. The van der Waals surface area contributed by atoms with Gasteiger partial charge in [0, 0.05) is 55.8 Å². The minimum absolute atomic E-state index is 0. The first-order valence-electron chi connectivity index (χ1n) is 12.0. The van der Waals surface area contributed by atoms with Gasteiger partial charge in [0.15, 0.2) is 0 Å². The summed E-state index contributed by atoms with van der Waals surface area (Å²) in [6.07, 6.45) is 5.52. The summed E-state index contributed by atoms with van der Waals surface area (Å²) in [6, 6.07) is 38.6. The summed E-state index contributed by atoms with van der Waals surface area (Å²) in [5, 5.41) is 10.7. The number of fused-ring (bicyclic) bond motifs is 11. The van der Waals surface area contributed by atoms with Crippen molar-refractivity contribution in [3.63, 3.8) is 0 Å². The first-order chi connectivity index (χ1) is 17.9. The van der Waals surface area contributed by atoms with Crippen LogP contribution in [0.1, 0.15) is 0 Å². The predicted molar refractivity (Wildman–Crippen MR) is 150 cm³/mol. The Balaban J connectivity index is 0.000000133. The van der Waals surface area contributed by atoms with Crippen molar-refractivity contribution in [1.29, 1.82) is 0 Å². The van der Waals surface area contributed by atoms with E-state index < -0.39 is 0 Å². The molecule has 3 aromatic heterocycles. The second-order valence-corrected chi connectivity index (χ2v) is 8.78. The molecule has 0 spiro atoms. The molecule has 37 heavy (non-hydrogen) atoms.